The lowest BCUT2D eigenvalue weighted by Crippen LogP contribution is -2.53. The van der Waals surface area contributed by atoms with E-state index in [-0.39, 0.29) is 18.1 Å². The third kappa shape index (κ3) is 4.44. The minimum absolute atomic E-state index is 0.0582. The fourth-order valence-corrected chi connectivity index (χ4v) is 1.90. The molecule has 1 amide bonds. The number of rotatable bonds is 3. The Morgan fingerprint density at radius 1 is 1.56 bits per heavy atom. The van der Waals surface area contributed by atoms with Crippen LogP contribution in [-0.4, -0.2) is 49.0 Å². The zero-order valence-electron chi connectivity index (χ0n) is 11.6. The number of carbonyl (C=O) groups excluding carboxylic acids is 1. The Morgan fingerprint density at radius 3 is 2.78 bits per heavy atom. The van der Waals surface area contributed by atoms with E-state index < -0.39 is 5.60 Å². The van der Waals surface area contributed by atoms with Gasteiger partial charge in [-0.15, -0.1) is 0 Å². The highest BCUT2D eigenvalue weighted by Gasteiger charge is 2.34. The van der Waals surface area contributed by atoms with Crippen molar-refractivity contribution in [1.29, 1.82) is 0 Å². The van der Waals surface area contributed by atoms with Crippen LogP contribution in [0.3, 0.4) is 0 Å². The van der Waals surface area contributed by atoms with Crippen LogP contribution in [0.25, 0.3) is 0 Å². The molecule has 0 aromatic carbocycles. The number of hydrogen-bond donors (Lipinski definition) is 1. The molecule has 2 N–H and O–H groups in total. The molecule has 1 rings (SSSR count). The number of nitrogens with two attached hydrogens (primary N) is 1. The van der Waals surface area contributed by atoms with Crippen molar-refractivity contribution < 1.29 is 19.1 Å². The number of ether oxygens (including phenoxy) is 2. The van der Waals surface area contributed by atoms with E-state index in [4.69, 9.17) is 15.4 Å². The van der Waals surface area contributed by atoms with Crippen molar-refractivity contribution in [2.24, 2.45) is 11.8 Å². The molecule has 1 aliphatic heterocycles. The second-order valence-electron chi connectivity index (χ2n) is 5.63. The van der Waals surface area contributed by atoms with Crippen molar-refractivity contribution in [2.45, 2.75) is 39.3 Å². The summed E-state index contributed by atoms with van der Waals surface area (Å²) in [4.78, 5) is 18.5. The van der Waals surface area contributed by atoms with Crippen LogP contribution in [0.5, 0.6) is 0 Å². The van der Waals surface area contributed by atoms with Gasteiger partial charge >= 0.3 is 6.09 Å². The summed E-state index contributed by atoms with van der Waals surface area (Å²) in [6.45, 7) is 9.48. The Balaban J connectivity index is 2.67. The zero-order chi connectivity index (χ0) is 13.8. The maximum Gasteiger partial charge on any atom is 0.410 e. The minimum atomic E-state index is -0.493. The number of morpholine rings is 1. The normalized spacial score (nSPS) is 22.7. The van der Waals surface area contributed by atoms with Crippen molar-refractivity contribution in [3.8, 4) is 0 Å². The van der Waals surface area contributed by atoms with Gasteiger partial charge in [-0.1, -0.05) is 6.92 Å². The number of nitrogens with zero attached hydrogens (tertiary/aromatic N) is 1. The van der Waals surface area contributed by atoms with E-state index in [1.807, 2.05) is 27.7 Å². The van der Waals surface area contributed by atoms with Gasteiger partial charge in [-0.05, 0) is 20.8 Å². The molecule has 0 aromatic heterocycles. The third-order valence-electron chi connectivity index (χ3n) is 2.81. The van der Waals surface area contributed by atoms with E-state index >= 15 is 0 Å². The predicted octanol–water partition coefficient (Wildman–Crippen LogP) is 1.15. The van der Waals surface area contributed by atoms with E-state index in [9.17, 15) is 4.79 Å². The molecule has 0 saturated carbocycles. The Bertz CT molecular complexity index is 278. The smallest absolute Gasteiger partial charge is 0.410 e. The molecule has 1 saturated heterocycles. The van der Waals surface area contributed by atoms with Gasteiger partial charge in [-0.2, -0.15) is 0 Å². The van der Waals surface area contributed by atoms with Crippen LogP contribution in [0.4, 0.5) is 4.79 Å². The first-order chi connectivity index (χ1) is 8.35. The van der Waals surface area contributed by atoms with Crippen molar-refractivity contribution in [1.82, 2.24) is 4.90 Å². The van der Waals surface area contributed by atoms with Gasteiger partial charge in [-0.3, -0.25) is 0 Å². The van der Waals surface area contributed by atoms with Gasteiger partial charge in [0.1, 0.15) is 5.60 Å². The fourth-order valence-electron chi connectivity index (χ4n) is 1.90. The van der Waals surface area contributed by atoms with Crippen LogP contribution < -0.4 is 5.90 Å². The van der Waals surface area contributed by atoms with Gasteiger partial charge in [0, 0.05) is 12.5 Å². The summed E-state index contributed by atoms with van der Waals surface area (Å²) < 4.78 is 10.8. The highest BCUT2D eigenvalue weighted by Crippen LogP contribution is 2.19. The monoisotopic (exact) mass is 260 g/mol. The maximum absolute atomic E-state index is 12.1. The summed E-state index contributed by atoms with van der Waals surface area (Å²) in [6.07, 6.45) is -0.306. The molecule has 1 aliphatic rings. The Labute approximate surface area is 108 Å². The number of hydrogen-bond acceptors (Lipinski definition) is 5. The SMILES string of the molecule is CC(CON)C1COCCN1C(=O)OC(C)(C)C. The molecule has 0 spiro atoms. The molecule has 18 heavy (non-hydrogen) atoms. The Morgan fingerprint density at radius 2 is 2.22 bits per heavy atom. The first-order valence-corrected chi connectivity index (χ1v) is 6.24. The van der Waals surface area contributed by atoms with Crippen molar-refractivity contribution in [3.05, 3.63) is 0 Å². The molecule has 0 radical (unpaired) electrons. The van der Waals surface area contributed by atoms with Gasteiger partial charge in [0.05, 0.1) is 25.9 Å². The Kier molecular flexibility index (Phi) is 5.37. The minimum Gasteiger partial charge on any atom is -0.444 e. The van der Waals surface area contributed by atoms with E-state index in [1.165, 1.54) is 0 Å². The molecule has 1 fully saturated rings. The zero-order valence-corrected chi connectivity index (χ0v) is 11.6. The summed E-state index contributed by atoms with van der Waals surface area (Å²) in [5.74, 6) is 5.18. The molecule has 6 heteroatoms. The van der Waals surface area contributed by atoms with Gasteiger partial charge in [0.25, 0.3) is 0 Å². The first kappa shape index (κ1) is 15.2. The van der Waals surface area contributed by atoms with Crippen LogP contribution >= 0.6 is 0 Å². The van der Waals surface area contributed by atoms with Crippen LogP contribution in [0.1, 0.15) is 27.7 Å². The summed E-state index contributed by atoms with van der Waals surface area (Å²) in [5, 5.41) is 0. The van der Waals surface area contributed by atoms with Crippen LogP contribution in [0.15, 0.2) is 0 Å². The largest absolute Gasteiger partial charge is 0.444 e. The van der Waals surface area contributed by atoms with E-state index in [2.05, 4.69) is 4.84 Å². The summed E-state index contributed by atoms with van der Waals surface area (Å²) in [5.41, 5.74) is -0.493. The summed E-state index contributed by atoms with van der Waals surface area (Å²) in [7, 11) is 0. The van der Waals surface area contributed by atoms with Gasteiger partial charge < -0.3 is 19.2 Å². The third-order valence-corrected chi connectivity index (χ3v) is 2.81. The second kappa shape index (κ2) is 6.36. The van der Waals surface area contributed by atoms with Crippen LogP contribution in [0, 0.1) is 5.92 Å². The molecule has 0 aliphatic carbocycles. The lowest BCUT2D eigenvalue weighted by molar-refractivity contribution is -0.0554. The lowest BCUT2D eigenvalue weighted by atomic mass is 10.0. The van der Waals surface area contributed by atoms with E-state index in [0.29, 0.717) is 26.4 Å². The average Bonchev–Trinajstić information content (AvgIpc) is 2.27. The maximum atomic E-state index is 12.1. The first-order valence-electron chi connectivity index (χ1n) is 6.24. The summed E-state index contributed by atoms with van der Waals surface area (Å²) in [6, 6.07) is -0.0582. The molecule has 106 valence electrons. The molecule has 0 aromatic rings. The topological polar surface area (TPSA) is 74.0 Å². The number of amides is 1. The van der Waals surface area contributed by atoms with Crippen LogP contribution in [-0.2, 0) is 14.3 Å². The standard InChI is InChI=1S/C12H24N2O4/c1-9(7-17-13)10-8-16-6-5-14(10)11(15)18-12(2,3)4/h9-10H,5-8,13H2,1-4H3. The number of carbonyl (C=O) groups is 1. The molecule has 6 nitrogen and oxygen atoms in total. The van der Waals surface area contributed by atoms with Gasteiger partial charge in [-0.25, -0.2) is 10.7 Å². The van der Waals surface area contributed by atoms with Crippen molar-refractivity contribution >= 4 is 6.09 Å². The fraction of sp³-hybridized carbons (Fsp3) is 0.917. The average molecular weight is 260 g/mol. The van der Waals surface area contributed by atoms with Crippen LogP contribution in [0.2, 0.25) is 0 Å². The van der Waals surface area contributed by atoms with Gasteiger partial charge in [0.15, 0.2) is 0 Å². The van der Waals surface area contributed by atoms with E-state index in [0.717, 1.165) is 0 Å². The lowest BCUT2D eigenvalue weighted by Gasteiger charge is -2.39. The molecule has 2 atom stereocenters. The molecule has 1 heterocycles. The van der Waals surface area contributed by atoms with Crippen molar-refractivity contribution in [3.63, 3.8) is 0 Å². The Hall–Kier alpha value is -0.850. The highest BCUT2D eigenvalue weighted by molar-refractivity contribution is 5.68. The van der Waals surface area contributed by atoms with Crippen molar-refractivity contribution in [2.75, 3.05) is 26.4 Å². The molecule has 0 bridgehead atoms. The quantitative estimate of drug-likeness (QED) is 0.770. The summed E-state index contributed by atoms with van der Waals surface area (Å²) >= 11 is 0. The van der Waals surface area contributed by atoms with Gasteiger partial charge in [0.2, 0.25) is 0 Å². The molecular formula is C12H24N2O4. The molecule has 2 unspecified atom stereocenters. The molecular weight excluding hydrogens is 236 g/mol. The second-order valence-corrected chi connectivity index (χ2v) is 5.63. The highest BCUT2D eigenvalue weighted by atomic mass is 16.6. The van der Waals surface area contributed by atoms with E-state index in [1.54, 1.807) is 4.90 Å². The predicted molar refractivity (Wildman–Crippen MR) is 66.9 cm³/mol.